The zero-order valence-electron chi connectivity index (χ0n) is 10.9. The van der Waals surface area contributed by atoms with Crippen molar-refractivity contribution in [3.8, 4) is 0 Å². The second-order valence-corrected chi connectivity index (χ2v) is 5.51. The van der Waals surface area contributed by atoms with Crippen LogP contribution in [0.4, 0.5) is 5.82 Å². The lowest BCUT2D eigenvalue weighted by Crippen LogP contribution is -2.30. The number of anilines is 1. The molecule has 1 aromatic heterocycles. The Morgan fingerprint density at radius 2 is 2.06 bits per heavy atom. The molecular weight excluding hydrogens is 200 g/mol. The molecule has 1 heterocycles. The van der Waals surface area contributed by atoms with Crippen molar-refractivity contribution in [1.29, 1.82) is 0 Å². The number of aromatic nitrogens is 1. The predicted octanol–water partition coefficient (Wildman–Crippen LogP) is 2.62. The van der Waals surface area contributed by atoms with Gasteiger partial charge in [-0.15, -0.1) is 0 Å². The van der Waals surface area contributed by atoms with Gasteiger partial charge in [-0.1, -0.05) is 26.8 Å². The third-order valence-corrected chi connectivity index (χ3v) is 2.34. The third-order valence-electron chi connectivity index (χ3n) is 2.34. The van der Waals surface area contributed by atoms with Crippen LogP contribution in [0.1, 0.15) is 39.4 Å². The van der Waals surface area contributed by atoms with Crippen molar-refractivity contribution in [1.82, 2.24) is 4.98 Å². The van der Waals surface area contributed by atoms with Crippen molar-refractivity contribution in [2.24, 2.45) is 5.41 Å². The van der Waals surface area contributed by atoms with E-state index < -0.39 is 6.10 Å². The summed E-state index contributed by atoms with van der Waals surface area (Å²) in [7, 11) is 2.01. The van der Waals surface area contributed by atoms with Crippen LogP contribution in [0, 0.1) is 5.41 Å². The van der Waals surface area contributed by atoms with Crippen LogP contribution in [0.3, 0.4) is 0 Å². The summed E-state index contributed by atoms with van der Waals surface area (Å²) < 4.78 is 0. The van der Waals surface area contributed by atoms with Crippen molar-refractivity contribution in [3.05, 3.63) is 23.9 Å². The highest BCUT2D eigenvalue weighted by Gasteiger charge is 2.18. The minimum Gasteiger partial charge on any atom is -0.389 e. The smallest absolute Gasteiger partial charge is 0.134 e. The first-order valence-corrected chi connectivity index (χ1v) is 5.65. The van der Waals surface area contributed by atoms with Gasteiger partial charge in [0.05, 0.1) is 6.10 Å². The van der Waals surface area contributed by atoms with E-state index in [4.69, 9.17) is 0 Å². The zero-order chi connectivity index (χ0) is 12.3. The summed E-state index contributed by atoms with van der Waals surface area (Å²) in [6, 6.07) is 3.78. The lowest BCUT2D eigenvalue weighted by atomic mass is 9.96. The van der Waals surface area contributed by atoms with E-state index in [2.05, 4.69) is 30.7 Å². The van der Waals surface area contributed by atoms with Gasteiger partial charge in [-0.05, 0) is 18.4 Å². The summed E-state index contributed by atoms with van der Waals surface area (Å²) in [5.74, 6) is 0.868. The van der Waals surface area contributed by atoms with Gasteiger partial charge >= 0.3 is 0 Å². The molecule has 0 spiro atoms. The second-order valence-electron chi connectivity index (χ2n) is 5.51. The van der Waals surface area contributed by atoms with Gasteiger partial charge in [0.1, 0.15) is 5.82 Å². The van der Waals surface area contributed by atoms with E-state index in [0.29, 0.717) is 0 Å². The molecule has 0 aliphatic heterocycles. The van der Waals surface area contributed by atoms with Gasteiger partial charge in [-0.2, -0.15) is 0 Å². The van der Waals surface area contributed by atoms with Crippen molar-refractivity contribution in [2.45, 2.75) is 33.8 Å². The molecule has 3 nitrogen and oxygen atoms in total. The first kappa shape index (κ1) is 13.0. The van der Waals surface area contributed by atoms with E-state index in [1.165, 1.54) is 0 Å². The molecule has 1 N–H and O–H groups in total. The lowest BCUT2D eigenvalue weighted by Gasteiger charge is -2.29. The van der Waals surface area contributed by atoms with E-state index in [1.807, 2.05) is 19.2 Å². The summed E-state index contributed by atoms with van der Waals surface area (Å²) in [5.41, 5.74) is 1.09. The van der Waals surface area contributed by atoms with E-state index in [0.717, 1.165) is 17.9 Å². The predicted molar refractivity (Wildman–Crippen MR) is 67.6 cm³/mol. The number of hydrogen-bond donors (Lipinski definition) is 1. The number of nitrogens with zero attached hydrogens (tertiary/aromatic N) is 2. The SMILES string of the molecule is C[C@@H](O)c1cccnc1N(C)CC(C)(C)C. The fourth-order valence-electron chi connectivity index (χ4n) is 1.84. The van der Waals surface area contributed by atoms with Gasteiger partial charge in [0, 0.05) is 25.4 Å². The van der Waals surface area contributed by atoms with E-state index >= 15 is 0 Å². The average molecular weight is 222 g/mol. The van der Waals surface area contributed by atoms with Crippen LogP contribution in [0.15, 0.2) is 18.3 Å². The van der Waals surface area contributed by atoms with Crippen LogP contribution in [-0.4, -0.2) is 23.7 Å². The highest BCUT2D eigenvalue weighted by molar-refractivity contribution is 5.47. The van der Waals surface area contributed by atoms with Gasteiger partial charge in [0.25, 0.3) is 0 Å². The number of pyridine rings is 1. The minimum absolute atomic E-state index is 0.211. The first-order valence-electron chi connectivity index (χ1n) is 5.65. The van der Waals surface area contributed by atoms with Crippen molar-refractivity contribution in [2.75, 3.05) is 18.5 Å². The Hall–Kier alpha value is -1.09. The van der Waals surface area contributed by atoms with Gasteiger partial charge < -0.3 is 10.0 Å². The number of hydrogen-bond acceptors (Lipinski definition) is 3. The third kappa shape index (κ3) is 3.49. The molecule has 0 fully saturated rings. The van der Waals surface area contributed by atoms with Crippen molar-refractivity contribution >= 4 is 5.82 Å². The number of aliphatic hydroxyl groups is 1. The maximum absolute atomic E-state index is 9.69. The second kappa shape index (κ2) is 4.83. The Kier molecular flexibility index (Phi) is 3.92. The largest absolute Gasteiger partial charge is 0.389 e. The first-order chi connectivity index (χ1) is 7.31. The highest BCUT2D eigenvalue weighted by Crippen LogP contribution is 2.25. The fraction of sp³-hybridized carbons (Fsp3) is 0.615. The van der Waals surface area contributed by atoms with E-state index in [9.17, 15) is 5.11 Å². The molecule has 0 saturated heterocycles. The molecule has 16 heavy (non-hydrogen) atoms. The Bertz CT molecular complexity index is 342. The number of rotatable bonds is 3. The maximum Gasteiger partial charge on any atom is 0.134 e. The monoisotopic (exact) mass is 222 g/mol. The Labute approximate surface area is 98.1 Å². The molecule has 0 unspecified atom stereocenters. The zero-order valence-corrected chi connectivity index (χ0v) is 10.9. The topological polar surface area (TPSA) is 36.4 Å². The van der Waals surface area contributed by atoms with Crippen LogP contribution in [0.2, 0.25) is 0 Å². The summed E-state index contributed by atoms with van der Waals surface area (Å²) in [6.07, 6.45) is 1.28. The fourth-order valence-corrected chi connectivity index (χ4v) is 1.84. The van der Waals surface area contributed by atoms with Gasteiger partial charge in [0.2, 0.25) is 0 Å². The molecule has 0 aromatic carbocycles. The molecule has 0 amide bonds. The molecule has 0 aliphatic rings. The van der Waals surface area contributed by atoms with Gasteiger partial charge in [-0.3, -0.25) is 0 Å². The van der Waals surface area contributed by atoms with Crippen LogP contribution >= 0.6 is 0 Å². The molecule has 0 radical (unpaired) electrons. The quantitative estimate of drug-likeness (QED) is 0.854. The van der Waals surface area contributed by atoms with Crippen LogP contribution in [-0.2, 0) is 0 Å². The average Bonchev–Trinajstić information content (AvgIpc) is 2.15. The van der Waals surface area contributed by atoms with Gasteiger partial charge in [-0.25, -0.2) is 4.98 Å². The molecule has 0 saturated carbocycles. The molecule has 3 heteroatoms. The molecule has 1 rings (SSSR count). The number of aliphatic hydroxyl groups excluding tert-OH is 1. The highest BCUT2D eigenvalue weighted by atomic mass is 16.3. The normalized spacial score (nSPS) is 13.6. The van der Waals surface area contributed by atoms with Crippen LogP contribution in [0.5, 0.6) is 0 Å². The Morgan fingerprint density at radius 1 is 1.44 bits per heavy atom. The Balaban J connectivity index is 2.95. The minimum atomic E-state index is -0.480. The summed E-state index contributed by atoms with van der Waals surface area (Å²) in [5, 5.41) is 9.69. The molecular formula is C13H22N2O. The summed E-state index contributed by atoms with van der Waals surface area (Å²) >= 11 is 0. The molecule has 1 aromatic rings. The summed E-state index contributed by atoms with van der Waals surface area (Å²) in [6.45, 7) is 9.24. The Morgan fingerprint density at radius 3 is 2.56 bits per heavy atom. The lowest BCUT2D eigenvalue weighted by molar-refractivity contribution is 0.199. The summed E-state index contributed by atoms with van der Waals surface area (Å²) in [4.78, 5) is 6.45. The molecule has 1 atom stereocenters. The van der Waals surface area contributed by atoms with E-state index in [1.54, 1.807) is 13.1 Å². The maximum atomic E-state index is 9.69. The molecule has 90 valence electrons. The van der Waals surface area contributed by atoms with E-state index in [-0.39, 0.29) is 5.41 Å². The van der Waals surface area contributed by atoms with Crippen LogP contribution in [0.25, 0.3) is 0 Å². The molecule has 0 bridgehead atoms. The van der Waals surface area contributed by atoms with Gasteiger partial charge in [0.15, 0.2) is 0 Å². The van der Waals surface area contributed by atoms with Crippen molar-refractivity contribution in [3.63, 3.8) is 0 Å². The van der Waals surface area contributed by atoms with Crippen LogP contribution < -0.4 is 4.90 Å². The molecule has 0 aliphatic carbocycles. The standard InChI is InChI=1S/C13H22N2O/c1-10(16)11-7-6-8-14-12(11)15(5)9-13(2,3)4/h6-8,10,16H,9H2,1-5H3/t10-/m1/s1. The van der Waals surface area contributed by atoms with Crippen molar-refractivity contribution < 1.29 is 5.11 Å².